The number of hydrogen-bond acceptors (Lipinski definition) is 4. The molecule has 6 rings (SSSR count). The van der Waals surface area contributed by atoms with Gasteiger partial charge in [0.05, 0.1) is 22.4 Å². The van der Waals surface area contributed by atoms with Crippen LogP contribution in [0.1, 0.15) is 24.8 Å². The van der Waals surface area contributed by atoms with Crippen molar-refractivity contribution >= 4 is 23.2 Å². The number of rotatable bonds is 2. The first-order chi connectivity index (χ1) is 11.5. The van der Waals surface area contributed by atoms with E-state index in [9.17, 15) is 19.7 Å². The topological polar surface area (TPSA) is 80.5 Å². The number of aryl methyl sites for hydroxylation is 1. The molecule has 0 unspecified atom stereocenters. The first-order valence-electron chi connectivity index (χ1n) is 8.62. The van der Waals surface area contributed by atoms with Crippen LogP contribution in [-0.2, 0) is 9.59 Å². The van der Waals surface area contributed by atoms with Crippen LogP contribution in [-0.4, -0.2) is 16.7 Å². The number of benzene rings is 1. The van der Waals surface area contributed by atoms with Crippen LogP contribution in [0.4, 0.5) is 11.4 Å². The zero-order valence-corrected chi connectivity index (χ0v) is 13.3. The van der Waals surface area contributed by atoms with Gasteiger partial charge in [-0.3, -0.25) is 19.7 Å². The largest absolute Gasteiger partial charge is 0.274 e. The fourth-order valence-corrected chi connectivity index (χ4v) is 5.73. The van der Waals surface area contributed by atoms with Gasteiger partial charge >= 0.3 is 0 Å². The number of anilines is 1. The lowest BCUT2D eigenvalue weighted by Gasteiger charge is -2.42. The molecular weight excluding hydrogens is 308 g/mol. The molecule has 0 radical (unpaired) electrons. The molecule has 1 aliphatic heterocycles. The monoisotopic (exact) mass is 326 g/mol. The molecule has 6 atom stereocenters. The quantitative estimate of drug-likeness (QED) is 0.475. The predicted molar refractivity (Wildman–Crippen MR) is 85.1 cm³/mol. The first kappa shape index (κ1) is 14.1. The van der Waals surface area contributed by atoms with Crippen molar-refractivity contribution in [2.24, 2.45) is 35.5 Å². The van der Waals surface area contributed by atoms with Gasteiger partial charge in [-0.2, -0.15) is 0 Å². The average Bonchev–Trinajstić information content (AvgIpc) is 3.33. The Balaban J connectivity index is 1.56. The third-order valence-corrected chi connectivity index (χ3v) is 6.79. The first-order valence-corrected chi connectivity index (χ1v) is 8.62. The fraction of sp³-hybridized carbons (Fsp3) is 0.556. The van der Waals surface area contributed by atoms with Gasteiger partial charge in [-0.15, -0.1) is 0 Å². The molecule has 6 nitrogen and oxygen atoms in total. The van der Waals surface area contributed by atoms with Crippen LogP contribution in [0.3, 0.4) is 0 Å². The van der Waals surface area contributed by atoms with Gasteiger partial charge in [0.1, 0.15) is 0 Å². The lowest BCUT2D eigenvalue weighted by atomic mass is 9.59. The van der Waals surface area contributed by atoms with Gasteiger partial charge in [0.2, 0.25) is 11.8 Å². The highest BCUT2D eigenvalue weighted by Crippen LogP contribution is 2.68. The molecule has 5 aliphatic rings. The summed E-state index contributed by atoms with van der Waals surface area (Å²) >= 11 is 0. The van der Waals surface area contributed by atoms with Crippen molar-refractivity contribution in [3.05, 3.63) is 33.9 Å². The molecule has 4 aliphatic carbocycles. The van der Waals surface area contributed by atoms with Crippen LogP contribution >= 0.6 is 0 Å². The second-order valence-electron chi connectivity index (χ2n) is 7.76. The lowest BCUT2D eigenvalue weighted by molar-refractivity contribution is -0.385. The van der Waals surface area contributed by atoms with Crippen LogP contribution in [0.15, 0.2) is 18.2 Å². The number of nitro groups is 1. The summed E-state index contributed by atoms with van der Waals surface area (Å²) in [6.45, 7) is 1.66. The van der Waals surface area contributed by atoms with E-state index in [1.807, 2.05) is 0 Å². The minimum Gasteiger partial charge on any atom is -0.274 e. The van der Waals surface area contributed by atoms with Gasteiger partial charge in [-0.05, 0) is 55.9 Å². The molecule has 0 aromatic heterocycles. The smallest absolute Gasteiger partial charge is 0.274 e. The fourth-order valence-electron chi connectivity index (χ4n) is 5.73. The Morgan fingerprint density at radius 3 is 2.17 bits per heavy atom. The molecule has 5 fully saturated rings. The van der Waals surface area contributed by atoms with Gasteiger partial charge in [0.15, 0.2) is 0 Å². The molecule has 1 aromatic carbocycles. The van der Waals surface area contributed by atoms with Gasteiger partial charge < -0.3 is 0 Å². The molecular formula is C18H18N2O4. The SMILES string of the molecule is Cc1ccc(N2C(=O)[C@@H]3[C@@H]4CC[C@@H]([C@H]5C[C@H]54)[C@@H]3C2=O)cc1[N+](=O)[O-]. The molecule has 2 bridgehead atoms. The third kappa shape index (κ3) is 1.61. The summed E-state index contributed by atoms with van der Waals surface area (Å²) in [4.78, 5) is 38.0. The van der Waals surface area contributed by atoms with Crippen molar-refractivity contribution in [1.29, 1.82) is 0 Å². The number of nitro benzene ring substituents is 1. The zero-order valence-electron chi connectivity index (χ0n) is 13.3. The van der Waals surface area contributed by atoms with Crippen LogP contribution in [0.25, 0.3) is 0 Å². The van der Waals surface area contributed by atoms with Crippen molar-refractivity contribution in [2.45, 2.75) is 26.2 Å². The van der Waals surface area contributed by atoms with E-state index >= 15 is 0 Å². The molecule has 124 valence electrons. The van der Waals surface area contributed by atoms with Crippen molar-refractivity contribution in [3.63, 3.8) is 0 Å². The second kappa shape index (κ2) is 4.43. The molecule has 1 aromatic rings. The Morgan fingerprint density at radius 2 is 1.62 bits per heavy atom. The van der Waals surface area contributed by atoms with Crippen LogP contribution in [0.2, 0.25) is 0 Å². The molecule has 4 saturated carbocycles. The van der Waals surface area contributed by atoms with E-state index < -0.39 is 4.92 Å². The van der Waals surface area contributed by atoms with E-state index in [-0.39, 0.29) is 29.3 Å². The molecule has 2 amide bonds. The molecule has 1 saturated heterocycles. The zero-order chi connectivity index (χ0) is 16.7. The molecule has 6 heteroatoms. The van der Waals surface area contributed by atoms with Crippen LogP contribution in [0, 0.1) is 52.5 Å². The van der Waals surface area contributed by atoms with Gasteiger partial charge in [-0.25, -0.2) is 4.90 Å². The van der Waals surface area contributed by atoms with E-state index in [4.69, 9.17) is 0 Å². The van der Waals surface area contributed by atoms with E-state index in [0.29, 0.717) is 34.9 Å². The second-order valence-corrected chi connectivity index (χ2v) is 7.76. The third-order valence-electron chi connectivity index (χ3n) is 6.79. The Labute approximate surface area is 139 Å². The predicted octanol–water partition coefficient (Wildman–Crippen LogP) is 2.68. The minimum absolute atomic E-state index is 0.0474. The average molecular weight is 326 g/mol. The number of carbonyl (C=O) groups is 2. The number of nitrogens with zero attached hydrogens (tertiary/aromatic N) is 2. The standard InChI is InChI=1S/C18H18N2O4/c1-8-2-3-9(6-14(8)20(23)24)19-17(21)15-10-4-5-11(13-7-12(10)13)16(15)18(19)22/h2-3,6,10-13,15-16H,4-5,7H2,1H3/t10-,11+,12+,13-,15-,16+. The minimum atomic E-state index is -0.463. The van der Waals surface area contributed by atoms with E-state index in [1.54, 1.807) is 19.1 Å². The molecule has 0 spiro atoms. The lowest BCUT2D eigenvalue weighted by Crippen LogP contribution is -2.43. The summed E-state index contributed by atoms with van der Waals surface area (Å²) in [6.07, 6.45) is 3.28. The van der Waals surface area contributed by atoms with E-state index in [0.717, 1.165) is 12.8 Å². The number of fused-ring (bicyclic) bond motifs is 1. The number of carbonyl (C=O) groups excluding carboxylic acids is 2. The Bertz CT molecular complexity index is 770. The van der Waals surface area contributed by atoms with E-state index in [1.165, 1.54) is 17.4 Å². The summed E-state index contributed by atoms with van der Waals surface area (Å²) in [6, 6.07) is 4.63. The molecule has 1 heterocycles. The number of amides is 2. The number of hydrogen-bond donors (Lipinski definition) is 0. The van der Waals surface area contributed by atoms with Crippen LogP contribution < -0.4 is 4.90 Å². The molecule has 24 heavy (non-hydrogen) atoms. The maximum Gasteiger partial charge on any atom is 0.274 e. The summed E-state index contributed by atoms with van der Waals surface area (Å²) in [5.41, 5.74) is 0.833. The Hall–Kier alpha value is -2.24. The normalized spacial score (nSPS) is 39.0. The Morgan fingerprint density at radius 1 is 1.04 bits per heavy atom. The summed E-state index contributed by atoms with van der Waals surface area (Å²) in [5.74, 6) is 1.29. The Kier molecular flexibility index (Phi) is 2.61. The maximum atomic E-state index is 13.0. The summed E-state index contributed by atoms with van der Waals surface area (Å²) in [7, 11) is 0. The van der Waals surface area contributed by atoms with Crippen molar-refractivity contribution in [3.8, 4) is 0 Å². The van der Waals surface area contributed by atoms with Crippen molar-refractivity contribution < 1.29 is 14.5 Å². The highest BCUT2D eigenvalue weighted by atomic mass is 16.6. The highest BCUT2D eigenvalue weighted by molar-refractivity contribution is 6.22. The van der Waals surface area contributed by atoms with Crippen LogP contribution in [0.5, 0.6) is 0 Å². The molecule has 0 N–H and O–H groups in total. The maximum absolute atomic E-state index is 13.0. The highest BCUT2D eigenvalue weighted by Gasteiger charge is 2.68. The van der Waals surface area contributed by atoms with Gasteiger partial charge in [-0.1, -0.05) is 6.07 Å². The van der Waals surface area contributed by atoms with E-state index in [2.05, 4.69) is 0 Å². The van der Waals surface area contributed by atoms with Crippen molar-refractivity contribution in [2.75, 3.05) is 4.90 Å². The van der Waals surface area contributed by atoms with Crippen molar-refractivity contribution in [1.82, 2.24) is 0 Å². The van der Waals surface area contributed by atoms with Gasteiger partial charge in [0.25, 0.3) is 5.69 Å². The summed E-state index contributed by atoms with van der Waals surface area (Å²) in [5, 5.41) is 11.2. The number of imide groups is 1. The van der Waals surface area contributed by atoms with Gasteiger partial charge in [0, 0.05) is 11.6 Å². The summed E-state index contributed by atoms with van der Waals surface area (Å²) < 4.78 is 0.